The Balaban J connectivity index is 1.67. The van der Waals surface area contributed by atoms with Gasteiger partial charge in [-0.15, -0.1) is 0 Å². The summed E-state index contributed by atoms with van der Waals surface area (Å²) in [6.07, 6.45) is 0. The quantitative estimate of drug-likeness (QED) is 0.599. The van der Waals surface area contributed by atoms with Crippen LogP contribution in [0.15, 0.2) is 71.6 Å². The fourth-order valence-electron chi connectivity index (χ4n) is 2.97. The van der Waals surface area contributed by atoms with Gasteiger partial charge in [0.1, 0.15) is 5.75 Å². The third-order valence-electron chi connectivity index (χ3n) is 4.67. The highest BCUT2D eigenvalue weighted by Gasteiger charge is 2.17. The minimum absolute atomic E-state index is 0.129. The van der Waals surface area contributed by atoms with Crippen LogP contribution in [0, 0.1) is 13.8 Å². The number of nitrogens with one attached hydrogen (secondary N) is 2. The highest BCUT2D eigenvalue weighted by molar-refractivity contribution is 7.89. The number of hydrogen-bond donors (Lipinski definition) is 2. The summed E-state index contributed by atoms with van der Waals surface area (Å²) >= 11 is 0. The van der Waals surface area contributed by atoms with E-state index in [0.717, 1.165) is 11.1 Å². The summed E-state index contributed by atoms with van der Waals surface area (Å²) in [5.41, 5.74) is 3.36. The lowest BCUT2D eigenvalue weighted by atomic mass is 10.1. The van der Waals surface area contributed by atoms with Gasteiger partial charge >= 0.3 is 0 Å². The lowest BCUT2D eigenvalue weighted by Crippen LogP contribution is -2.24. The molecule has 7 heteroatoms. The van der Waals surface area contributed by atoms with E-state index in [1.807, 2.05) is 25.1 Å². The Morgan fingerprint density at radius 3 is 2.37 bits per heavy atom. The Kier molecular flexibility index (Phi) is 6.54. The van der Waals surface area contributed by atoms with Gasteiger partial charge in [0.2, 0.25) is 10.0 Å². The van der Waals surface area contributed by atoms with E-state index in [-0.39, 0.29) is 17.3 Å². The molecule has 0 radical (unpaired) electrons. The maximum absolute atomic E-state index is 12.6. The van der Waals surface area contributed by atoms with Gasteiger partial charge in [-0.25, -0.2) is 13.1 Å². The highest BCUT2D eigenvalue weighted by atomic mass is 32.2. The van der Waals surface area contributed by atoms with Crippen molar-refractivity contribution in [1.29, 1.82) is 0 Å². The molecule has 0 heterocycles. The lowest BCUT2D eigenvalue weighted by Gasteiger charge is -2.11. The molecule has 0 aliphatic carbocycles. The van der Waals surface area contributed by atoms with Crippen LogP contribution in [0.4, 0.5) is 5.69 Å². The Morgan fingerprint density at radius 2 is 1.67 bits per heavy atom. The van der Waals surface area contributed by atoms with Gasteiger partial charge in [0.05, 0.1) is 17.7 Å². The minimum atomic E-state index is -3.63. The van der Waals surface area contributed by atoms with E-state index in [4.69, 9.17) is 4.74 Å². The number of rotatable bonds is 7. The largest absolute Gasteiger partial charge is 0.495 e. The van der Waals surface area contributed by atoms with Crippen LogP contribution in [0.3, 0.4) is 0 Å². The average molecular weight is 425 g/mol. The zero-order valence-corrected chi connectivity index (χ0v) is 17.9. The molecule has 3 aromatic rings. The van der Waals surface area contributed by atoms with Crippen molar-refractivity contribution in [1.82, 2.24) is 4.72 Å². The molecule has 0 bridgehead atoms. The van der Waals surface area contributed by atoms with Crippen molar-refractivity contribution in [3.8, 4) is 5.75 Å². The Labute approximate surface area is 177 Å². The zero-order chi connectivity index (χ0) is 21.7. The molecule has 0 saturated heterocycles. The van der Waals surface area contributed by atoms with Crippen molar-refractivity contribution >= 4 is 21.6 Å². The van der Waals surface area contributed by atoms with E-state index >= 15 is 0 Å². The predicted molar refractivity (Wildman–Crippen MR) is 117 cm³/mol. The molecule has 0 spiro atoms. The molecule has 2 N–H and O–H groups in total. The van der Waals surface area contributed by atoms with E-state index in [2.05, 4.69) is 10.0 Å². The number of anilines is 1. The molecule has 0 unspecified atom stereocenters. The molecule has 0 aromatic heterocycles. The van der Waals surface area contributed by atoms with Crippen LogP contribution in [0.25, 0.3) is 0 Å². The zero-order valence-electron chi connectivity index (χ0n) is 17.1. The van der Waals surface area contributed by atoms with Crippen molar-refractivity contribution in [3.05, 3.63) is 89.0 Å². The van der Waals surface area contributed by atoms with Crippen LogP contribution >= 0.6 is 0 Å². The molecule has 6 nitrogen and oxygen atoms in total. The van der Waals surface area contributed by atoms with E-state index in [1.54, 1.807) is 62.6 Å². The second kappa shape index (κ2) is 9.11. The van der Waals surface area contributed by atoms with Gasteiger partial charge in [-0.2, -0.15) is 0 Å². The van der Waals surface area contributed by atoms with E-state index in [1.165, 1.54) is 0 Å². The van der Waals surface area contributed by atoms with Gasteiger partial charge in [-0.3, -0.25) is 4.79 Å². The number of hydrogen-bond acceptors (Lipinski definition) is 4. The summed E-state index contributed by atoms with van der Waals surface area (Å²) in [5.74, 6) is 0.297. The van der Waals surface area contributed by atoms with Crippen LogP contribution in [0.2, 0.25) is 0 Å². The fourth-order valence-corrected chi connectivity index (χ4v) is 4.31. The molecule has 30 heavy (non-hydrogen) atoms. The van der Waals surface area contributed by atoms with Gasteiger partial charge in [0.15, 0.2) is 0 Å². The standard InChI is InChI=1S/C23H24N2O4S/c1-16-8-9-17(2)22(14-16)30(27,28)24-15-18-10-12-19(13-11-18)23(26)25-20-6-4-5-7-21(20)29-3/h4-14,24H,15H2,1-3H3,(H,25,26). The number of para-hydroxylation sites is 2. The fraction of sp³-hybridized carbons (Fsp3) is 0.174. The molecule has 0 saturated carbocycles. The summed E-state index contributed by atoms with van der Waals surface area (Å²) in [5, 5.41) is 2.81. The van der Waals surface area contributed by atoms with Crippen molar-refractivity contribution in [2.75, 3.05) is 12.4 Å². The Morgan fingerprint density at radius 1 is 0.967 bits per heavy atom. The number of sulfonamides is 1. The number of aryl methyl sites for hydroxylation is 2. The average Bonchev–Trinajstić information content (AvgIpc) is 2.74. The van der Waals surface area contributed by atoms with Crippen molar-refractivity contribution < 1.29 is 17.9 Å². The van der Waals surface area contributed by atoms with Crippen LogP contribution in [-0.2, 0) is 16.6 Å². The van der Waals surface area contributed by atoms with Gasteiger partial charge < -0.3 is 10.1 Å². The van der Waals surface area contributed by atoms with Crippen molar-refractivity contribution in [2.24, 2.45) is 0 Å². The summed E-state index contributed by atoms with van der Waals surface area (Å²) in [4.78, 5) is 12.8. The van der Waals surface area contributed by atoms with Gasteiger partial charge in [0.25, 0.3) is 5.91 Å². The molecular formula is C23H24N2O4S. The van der Waals surface area contributed by atoms with E-state index in [9.17, 15) is 13.2 Å². The maximum Gasteiger partial charge on any atom is 0.255 e. The predicted octanol–water partition coefficient (Wildman–Crippen LogP) is 4.04. The molecule has 0 atom stereocenters. The van der Waals surface area contributed by atoms with E-state index < -0.39 is 10.0 Å². The summed E-state index contributed by atoms with van der Waals surface area (Å²) in [6.45, 7) is 3.75. The molecule has 156 valence electrons. The molecular weight excluding hydrogens is 400 g/mol. The normalized spacial score (nSPS) is 11.2. The number of carbonyl (C=O) groups is 1. The molecule has 1 amide bonds. The van der Waals surface area contributed by atoms with Crippen LogP contribution in [0.1, 0.15) is 27.0 Å². The van der Waals surface area contributed by atoms with Crippen molar-refractivity contribution in [2.45, 2.75) is 25.3 Å². The highest BCUT2D eigenvalue weighted by Crippen LogP contribution is 2.23. The van der Waals surface area contributed by atoms with Gasteiger partial charge in [-0.05, 0) is 60.9 Å². The van der Waals surface area contributed by atoms with Gasteiger partial charge in [0, 0.05) is 12.1 Å². The first kappa shape index (κ1) is 21.5. The topological polar surface area (TPSA) is 84.5 Å². The van der Waals surface area contributed by atoms with Crippen LogP contribution < -0.4 is 14.8 Å². The second-order valence-electron chi connectivity index (χ2n) is 6.94. The number of carbonyl (C=O) groups excluding carboxylic acids is 1. The molecule has 0 aliphatic heterocycles. The summed E-state index contributed by atoms with van der Waals surface area (Å²) < 4.78 is 33.1. The number of ether oxygens (including phenoxy) is 1. The number of benzene rings is 3. The maximum atomic E-state index is 12.6. The molecule has 0 aliphatic rings. The number of methoxy groups -OCH3 is 1. The monoisotopic (exact) mass is 424 g/mol. The third kappa shape index (κ3) is 5.06. The third-order valence-corrected chi connectivity index (χ3v) is 6.21. The molecule has 3 rings (SSSR count). The Hall–Kier alpha value is -3.16. The molecule has 0 fully saturated rings. The number of amides is 1. The van der Waals surface area contributed by atoms with Crippen LogP contribution in [0.5, 0.6) is 5.75 Å². The minimum Gasteiger partial charge on any atom is -0.495 e. The second-order valence-corrected chi connectivity index (χ2v) is 8.68. The molecule has 3 aromatic carbocycles. The summed E-state index contributed by atoms with van der Waals surface area (Å²) in [6, 6.07) is 19.2. The van der Waals surface area contributed by atoms with Crippen LogP contribution in [-0.4, -0.2) is 21.4 Å². The lowest BCUT2D eigenvalue weighted by molar-refractivity contribution is 0.102. The first-order chi connectivity index (χ1) is 14.3. The van der Waals surface area contributed by atoms with E-state index in [0.29, 0.717) is 22.6 Å². The SMILES string of the molecule is COc1ccccc1NC(=O)c1ccc(CNS(=O)(=O)c2cc(C)ccc2C)cc1. The first-order valence-electron chi connectivity index (χ1n) is 9.40. The van der Waals surface area contributed by atoms with Crippen molar-refractivity contribution in [3.63, 3.8) is 0 Å². The summed E-state index contributed by atoms with van der Waals surface area (Å²) in [7, 11) is -2.09. The van der Waals surface area contributed by atoms with Gasteiger partial charge in [-0.1, -0.05) is 36.4 Å². The Bertz CT molecular complexity index is 1160. The first-order valence-corrected chi connectivity index (χ1v) is 10.9. The smallest absolute Gasteiger partial charge is 0.255 e.